The third kappa shape index (κ3) is 5.60. The number of ether oxygens (including phenoxy) is 2. The maximum absolute atomic E-state index is 12.3. The molecule has 0 aromatic rings. The number of carbonyl (C=O) groups is 6. The van der Waals surface area contributed by atoms with Gasteiger partial charge in [-0.3, -0.25) is 38.6 Å². The van der Waals surface area contributed by atoms with Crippen molar-refractivity contribution in [1.82, 2.24) is 19.6 Å². The molecule has 0 bridgehead atoms. The summed E-state index contributed by atoms with van der Waals surface area (Å²) in [5.74, 6) is -3.17. The van der Waals surface area contributed by atoms with Crippen LogP contribution in [0.1, 0.15) is 27.7 Å². The molecule has 0 radical (unpaired) electrons. The van der Waals surface area contributed by atoms with Crippen molar-refractivity contribution in [2.75, 3.05) is 39.6 Å². The molecule has 4 amide bonds. The summed E-state index contributed by atoms with van der Waals surface area (Å²) in [5, 5.41) is 0. The van der Waals surface area contributed by atoms with E-state index in [2.05, 4.69) is 0 Å². The highest BCUT2D eigenvalue weighted by Gasteiger charge is 2.39. The summed E-state index contributed by atoms with van der Waals surface area (Å²) in [5.41, 5.74) is 0. The molecular formula is C18H26N4O8. The molecule has 0 spiro atoms. The molecule has 0 aromatic carbocycles. The van der Waals surface area contributed by atoms with Crippen LogP contribution >= 0.6 is 0 Å². The summed E-state index contributed by atoms with van der Waals surface area (Å²) >= 11 is 0. The maximum atomic E-state index is 12.3. The Morgan fingerprint density at radius 1 is 0.700 bits per heavy atom. The Balaban J connectivity index is 1.97. The van der Waals surface area contributed by atoms with Crippen molar-refractivity contribution in [2.24, 2.45) is 0 Å². The number of nitrogens with zero attached hydrogens (tertiary/aromatic N) is 4. The summed E-state index contributed by atoms with van der Waals surface area (Å²) in [6.07, 6.45) is 0. The first-order valence-corrected chi connectivity index (χ1v) is 9.42. The van der Waals surface area contributed by atoms with Crippen molar-refractivity contribution >= 4 is 35.6 Å². The molecule has 166 valence electrons. The van der Waals surface area contributed by atoms with E-state index in [1.165, 1.54) is 13.8 Å². The van der Waals surface area contributed by atoms with Crippen molar-refractivity contribution in [3.63, 3.8) is 0 Å². The number of hydrogen-bond acceptors (Lipinski definition) is 10. The maximum Gasteiger partial charge on any atom is 0.304 e. The van der Waals surface area contributed by atoms with Gasteiger partial charge in [-0.2, -0.15) is 0 Å². The van der Waals surface area contributed by atoms with E-state index >= 15 is 0 Å². The van der Waals surface area contributed by atoms with E-state index in [1.54, 1.807) is 23.6 Å². The first kappa shape index (κ1) is 23.4. The van der Waals surface area contributed by atoms with E-state index in [9.17, 15) is 28.8 Å². The van der Waals surface area contributed by atoms with Crippen molar-refractivity contribution in [3.8, 4) is 0 Å². The van der Waals surface area contributed by atoms with Crippen LogP contribution in [-0.4, -0.2) is 107 Å². The number of amides is 4. The number of hydrogen-bond donors (Lipinski definition) is 0. The lowest BCUT2D eigenvalue weighted by Gasteiger charge is -2.43. The molecule has 2 atom stereocenters. The molecule has 0 aliphatic carbocycles. The number of piperazine rings is 2. The predicted molar refractivity (Wildman–Crippen MR) is 99.0 cm³/mol. The molecule has 30 heavy (non-hydrogen) atoms. The summed E-state index contributed by atoms with van der Waals surface area (Å²) in [6.45, 7) is 4.88. The van der Waals surface area contributed by atoms with E-state index < -0.39 is 49.0 Å². The summed E-state index contributed by atoms with van der Waals surface area (Å²) in [4.78, 5) is 76.1. The normalized spacial score (nSPS) is 20.9. The Morgan fingerprint density at radius 3 is 1.20 bits per heavy atom. The van der Waals surface area contributed by atoms with Gasteiger partial charge in [0.15, 0.2) is 13.5 Å². The third-order valence-corrected chi connectivity index (χ3v) is 5.20. The molecular weight excluding hydrogens is 400 g/mol. The Hall–Kier alpha value is -2.86. The van der Waals surface area contributed by atoms with Crippen LogP contribution in [0.2, 0.25) is 0 Å². The highest BCUT2D eigenvalue weighted by Crippen LogP contribution is 2.18. The minimum atomic E-state index is -0.595. The molecule has 0 aromatic heterocycles. The predicted octanol–water partition coefficient (Wildman–Crippen LogP) is -1.85. The van der Waals surface area contributed by atoms with Gasteiger partial charge in [0.25, 0.3) is 0 Å². The standard InChI is InChI=1S/C18H26N4O8/c1-11(19-5-15(25)21(16(26)6-19)9-29-13(3)23)12(2)20-7-17(27)22(18(28)8-20)10-30-14(4)24/h11-12H,5-10H2,1-4H3/t11-,12+. The van der Waals surface area contributed by atoms with Gasteiger partial charge in [-0.1, -0.05) is 0 Å². The Bertz CT molecular complexity index is 656. The Labute approximate surface area is 173 Å². The molecule has 12 heteroatoms. The van der Waals surface area contributed by atoms with E-state index in [0.717, 1.165) is 9.80 Å². The van der Waals surface area contributed by atoms with Gasteiger partial charge >= 0.3 is 11.9 Å². The van der Waals surface area contributed by atoms with Crippen LogP contribution in [0.5, 0.6) is 0 Å². The molecule has 0 saturated carbocycles. The fourth-order valence-electron chi connectivity index (χ4n) is 3.21. The fourth-order valence-corrected chi connectivity index (χ4v) is 3.21. The van der Waals surface area contributed by atoms with Gasteiger partial charge in [0.2, 0.25) is 23.6 Å². The second kappa shape index (κ2) is 9.76. The first-order chi connectivity index (χ1) is 14.0. The van der Waals surface area contributed by atoms with Gasteiger partial charge in [0, 0.05) is 25.9 Å². The van der Waals surface area contributed by atoms with Crippen LogP contribution in [0.4, 0.5) is 0 Å². The molecule has 0 unspecified atom stereocenters. The second-order valence-electron chi connectivity index (χ2n) is 7.25. The number of carbonyl (C=O) groups excluding carboxylic acids is 6. The summed E-state index contributed by atoms with van der Waals surface area (Å²) < 4.78 is 9.47. The van der Waals surface area contributed by atoms with Crippen molar-refractivity contribution in [2.45, 2.75) is 39.8 Å². The van der Waals surface area contributed by atoms with Gasteiger partial charge in [0.1, 0.15) is 0 Å². The molecule has 2 aliphatic rings. The van der Waals surface area contributed by atoms with Gasteiger partial charge in [0.05, 0.1) is 26.2 Å². The van der Waals surface area contributed by atoms with E-state index in [0.29, 0.717) is 0 Å². The Kier molecular flexibility index (Phi) is 7.62. The molecule has 2 rings (SSSR count). The lowest BCUT2D eigenvalue weighted by Crippen LogP contribution is -2.63. The van der Waals surface area contributed by atoms with Crippen molar-refractivity contribution in [1.29, 1.82) is 0 Å². The van der Waals surface area contributed by atoms with Crippen molar-refractivity contribution in [3.05, 3.63) is 0 Å². The largest absolute Gasteiger partial charge is 0.444 e. The topological polar surface area (TPSA) is 134 Å². The highest BCUT2D eigenvalue weighted by atomic mass is 16.5. The van der Waals surface area contributed by atoms with Gasteiger partial charge in [-0.05, 0) is 13.8 Å². The molecule has 0 N–H and O–H groups in total. The molecule has 12 nitrogen and oxygen atoms in total. The van der Waals surface area contributed by atoms with E-state index in [-0.39, 0.29) is 38.3 Å². The third-order valence-electron chi connectivity index (χ3n) is 5.20. The van der Waals surface area contributed by atoms with E-state index in [4.69, 9.17) is 9.47 Å². The monoisotopic (exact) mass is 426 g/mol. The van der Waals surface area contributed by atoms with Gasteiger partial charge in [-0.15, -0.1) is 0 Å². The van der Waals surface area contributed by atoms with Crippen LogP contribution in [-0.2, 0) is 38.2 Å². The number of imide groups is 2. The van der Waals surface area contributed by atoms with Crippen LogP contribution in [0.25, 0.3) is 0 Å². The SMILES string of the molecule is CC(=O)OCN1C(=O)CN([C@H](C)[C@H](C)N2CC(=O)N(COC(C)=O)C(=O)C2)CC1=O. The average Bonchev–Trinajstić information content (AvgIpc) is 2.64. The number of esters is 2. The zero-order valence-electron chi connectivity index (χ0n) is 17.5. The van der Waals surface area contributed by atoms with Gasteiger partial charge < -0.3 is 9.47 Å². The highest BCUT2D eigenvalue weighted by molar-refractivity contribution is 6.00. The zero-order chi connectivity index (χ0) is 22.6. The first-order valence-electron chi connectivity index (χ1n) is 9.42. The van der Waals surface area contributed by atoms with Crippen LogP contribution < -0.4 is 0 Å². The quantitative estimate of drug-likeness (QED) is 0.337. The fraction of sp³-hybridized carbons (Fsp3) is 0.667. The Morgan fingerprint density at radius 2 is 0.967 bits per heavy atom. The van der Waals surface area contributed by atoms with Crippen molar-refractivity contribution < 1.29 is 38.2 Å². The molecule has 2 aliphatic heterocycles. The van der Waals surface area contributed by atoms with Crippen LogP contribution in [0.15, 0.2) is 0 Å². The zero-order valence-corrected chi connectivity index (χ0v) is 17.5. The lowest BCUT2D eigenvalue weighted by atomic mass is 10.1. The number of rotatable bonds is 7. The van der Waals surface area contributed by atoms with Gasteiger partial charge in [-0.25, -0.2) is 9.80 Å². The van der Waals surface area contributed by atoms with Crippen LogP contribution in [0, 0.1) is 0 Å². The summed E-state index contributed by atoms with van der Waals surface area (Å²) in [6, 6.07) is -0.649. The minimum Gasteiger partial charge on any atom is -0.444 e. The van der Waals surface area contributed by atoms with Crippen LogP contribution in [0.3, 0.4) is 0 Å². The molecule has 2 heterocycles. The smallest absolute Gasteiger partial charge is 0.304 e. The minimum absolute atomic E-state index is 0.0627. The molecule has 2 fully saturated rings. The average molecular weight is 426 g/mol. The second-order valence-corrected chi connectivity index (χ2v) is 7.25. The lowest BCUT2D eigenvalue weighted by molar-refractivity contribution is -0.168. The molecule has 2 saturated heterocycles. The van der Waals surface area contributed by atoms with E-state index in [1.807, 2.05) is 0 Å². The summed E-state index contributed by atoms with van der Waals surface area (Å²) in [7, 11) is 0.